The average Bonchev–Trinajstić information content (AvgIpc) is 3.16. The summed E-state index contributed by atoms with van der Waals surface area (Å²) in [6.45, 7) is 3.46. The van der Waals surface area contributed by atoms with Gasteiger partial charge in [0.05, 0.1) is 6.33 Å². The first kappa shape index (κ1) is 19.5. The van der Waals surface area contributed by atoms with Gasteiger partial charge in [-0.3, -0.25) is 19.0 Å². The summed E-state index contributed by atoms with van der Waals surface area (Å²) in [5.74, 6) is -1.59. The zero-order valence-corrected chi connectivity index (χ0v) is 15.4. The van der Waals surface area contributed by atoms with Crippen LogP contribution in [0.3, 0.4) is 0 Å². The Hall–Kier alpha value is -3.28. The number of esters is 3. The van der Waals surface area contributed by atoms with Crippen LogP contribution < -0.4 is 5.73 Å². The van der Waals surface area contributed by atoms with E-state index in [1.54, 1.807) is 0 Å². The Morgan fingerprint density at radius 3 is 2.39 bits per heavy atom. The zero-order valence-electron chi connectivity index (χ0n) is 15.4. The monoisotopic (exact) mass is 393 g/mol. The molecule has 1 aliphatic rings. The second kappa shape index (κ2) is 7.76. The topological polar surface area (TPSA) is 158 Å². The van der Waals surface area contributed by atoms with Crippen molar-refractivity contribution in [1.82, 2.24) is 19.5 Å². The van der Waals surface area contributed by atoms with Crippen LogP contribution in [0.4, 0.5) is 5.82 Å². The lowest BCUT2D eigenvalue weighted by molar-refractivity contribution is -0.166. The Balaban J connectivity index is 2.01. The second-order valence-corrected chi connectivity index (χ2v) is 6.10. The van der Waals surface area contributed by atoms with Crippen LogP contribution in [0.1, 0.15) is 27.0 Å². The number of carbonyl (C=O) groups excluding carboxylic acids is 3. The largest absolute Gasteiger partial charge is 0.463 e. The van der Waals surface area contributed by atoms with E-state index in [-0.39, 0.29) is 12.4 Å². The van der Waals surface area contributed by atoms with Gasteiger partial charge < -0.3 is 24.7 Å². The van der Waals surface area contributed by atoms with Gasteiger partial charge in [-0.2, -0.15) is 0 Å². The first-order valence-corrected chi connectivity index (χ1v) is 8.34. The van der Waals surface area contributed by atoms with Gasteiger partial charge >= 0.3 is 17.9 Å². The third-order valence-corrected chi connectivity index (χ3v) is 4.00. The summed E-state index contributed by atoms with van der Waals surface area (Å²) in [4.78, 5) is 46.6. The molecule has 1 saturated heterocycles. The van der Waals surface area contributed by atoms with Gasteiger partial charge in [0.15, 0.2) is 29.9 Å². The van der Waals surface area contributed by atoms with E-state index in [1.165, 1.54) is 38.0 Å². The van der Waals surface area contributed by atoms with Crippen LogP contribution in [0.2, 0.25) is 0 Å². The number of rotatable bonds is 5. The predicted molar refractivity (Wildman–Crippen MR) is 91.4 cm³/mol. The highest BCUT2D eigenvalue weighted by molar-refractivity contribution is 5.81. The summed E-state index contributed by atoms with van der Waals surface area (Å²) >= 11 is 0. The normalized spacial score (nSPS) is 24.1. The quantitative estimate of drug-likeness (QED) is 0.526. The molecule has 12 nitrogen and oxygen atoms in total. The summed E-state index contributed by atoms with van der Waals surface area (Å²) in [5, 5.41) is 0. The molecule has 0 amide bonds. The van der Waals surface area contributed by atoms with Crippen molar-refractivity contribution < 1.29 is 33.3 Å². The molecule has 3 heterocycles. The zero-order chi connectivity index (χ0) is 20.4. The van der Waals surface area contributed by atoms with Crippen LogP contribution in [-0.2, 0) is 33.3 Å². The molecule has 0 unspecified atom stereocenters. The predicted octanol–water partition coefficient (Wildman–Crippen LogP) is -0.268. The van der Waals surface area contributed by atoms with Gasteiger partial charge in [-0.1, -0.05) is 0 Å². The van der Waals surface area contributed by atoms with Crippen LogP contribution in [-0.4, -0.2) is 62.3 Å². The van der Waals surface area contributed by atoms with Crippen LogP contribution in [0.25, 0.3) is 11.2 Å². The second-order valence-electron chi connectivity index (χ2n) is 6.10. The molecule has 150 valence electrons. The molecular formula is C16H19N5O7. The van der Waals surface area contributed by atoms with Crippen molar-refractivity contribution in [1.29, 1.82) is 0 Å². The number of nitrogen functional groups attached to an aromatic ring is 1. The van der Waals surface area contributed by atoms with Gasteiger partial charge in [0.25, 0.3) is 0 Å². The number of fused-ring (bicyclic) bond motifs is 1. The van der Waals surface area contributed by atoms with Crippen molar-refractivity contribution in [2.75, 3.05) is 12.3 Å². The maximum Gasteiger partial charge on any atom is 0.303 e. The molecule has 1 aliphatic heterocycles. The number of anilines is 1. The van der Waals surface area contributed by atoms with E-state index in [2.05, 4.69) is 15.0 Å². The molecule has 12 heteroatoms. The van der Waals surface area contributed by atoms with Crippen LogP contribution >= 0.6 is 0 Å². The Labute approximate surface area is 158 Å². The number of nitrogens with two attached hydrogens (primary N) is 1. The van der Waals surface area contributed by atoms with Crippen LogP contribution in [0, 0.1) is 0 Å². The Morgan fingerprint density at radius 2 is 1.75 bits per heavy atom. The number of ether oxygens (including phenoxy) is 4. The molecule has 2 aromatic heterocycles. The molecule has 3 rings (SSSR count). The Morgan fingerprint density at radius 1 is 1.07 bits per heavy atom. The van der Waals surface area contributed by atoms with E-state index >= 15 is 0 Å². The number of aromatic nitrogens is 4. The third-order valence-electron chi connectivity index (χ3n) is 4.00. The highest BCUT2D eigenvalue weighted by Gasteiger charge is 2.51. The number of carbonyl (C=O) groups is 3. The number of hydrogen-bond acceptors (Lipinski definition) is 11. The van der Waals surface area contributed by atoms with Crippen molar-refractivity contribution in [3.05, 3.63) is 12.7 Å². The lowest BCUT2D eigenvalue weighted by Crippen LogP contribution is -2.40. The van der Waals surface area contributed by atoms with Gasteiger partial charge in [0.1, 0.15) is 24.6 Å². The molecule has 28 heavy (non-hydrogen) atoms. The molecule has 4 atom stereocenters. The summed E-state index contributed by atoms with van der Waals surface area (Å²) in [7, 11) is 0. The van der Waals surface area contributed by atoms with E-state index in [4.69, 9.17) is 24.7 Å². The van der Waals surface area contributed by atoms with Crippen LogP contribution in [0.15, 0.2) is 12.7 Å². The van der Waals surface area contributed by atoms with E-state index in [1.807, 2.05) is 0 Å². The fourth-order valence-corrected chi connectivity index (χ4v) is 2.97. The van der Waals surface area contributed by atoms with Gasteiger partial charge in [-0.05, 0) is 0 Å². The van der Waals surface area contributed by atoms with Gasteiger partial charge in [0, 0.05) is 20.8 Å². The van der Waals surface area contributed by atoms with E-state index in [0.717, 1.165) is 0 Å². The smallest absolute Gasteiger partial charge is 0.303 e. The Bertz CT molecular complexity index is 914. The van der Waals surface area contributed by atoms with E-state index < -0.39 is 42.4 Å². The molecular weight excluding hydrogens is 374 g/mol. The average molecular weight is 393 g/mol. The van der Waals surface area contributed by atoms with Gasteiger partial charge in [-0.15, -0.1) is 0 Å². The molecule has 2 N–H and O–H groups in total. The maximum atomic E-state index is 11.7. The minimum atomic E-state index is -1.03. The van der Waals surface area contributed by atoms with Crippen molar-refractivity contribution in [3.63, 3.8) is 0 Å². The highest BCUT2D eigenvalue weighted by Crippen LogP contribution is 2.36. The summed E-state index contributed by atoms with van der Waals surface area (Å²) < 4.78 is 23.1. The number of hydrogen-bond donors (Lipinski definition) is 1. The molecule has 0 saturated carbocycles. The lowest BCUT2D eigenvalue weighted by atomic mass is 10.1. The highest BCUT2D eigenvalue weighted by atomic mass is 16.7. The van der Waals surface area contributed by atoms with E-state index in [0.29, 0.717) is 11.2 Å². The fourth-order valence-electron chi connectivity index (χ4n) is 2.97. The number of nitrogens with zero attached hydrogens (tertiary/aromatic N) is 4. The maximum absolute atomic E-state index is 11.7. The fraction of sp³-hybridized carbons (Fsp3) is 0.500. The standard InChI is InChI=1S/C16H19N5O7/c1-7(22)25-4-10-12(26-8(2)23)13(27-9(3)24)16(28-10)21-6-20-11-14(17)18-5-19-15(11)21/h5-6,10,12-13,16H,4H2,1-3H3,(H2,17,18,19)/t10-,12+,13+,16+/m0/s1. The first-order valence-electron chi connectivity index (χ1n) is 8.34. The van der Waals surface area contributed by atoms with Crippen molar-refractivity contribution in [2.24, 2.45) is 0 Å². The van der Waals surface area contributed by atoms with Crippen molar-refractivity contribution in [3.8, 4) is 0 Å². The van der Waals surface area contributed by atoms with Gasteiger partial charge in [0.2, 0.25) is 0 Å². The summed E-state index contributed by atoms with van der Waals surface area (Å²) in [5.41, 5.74) is 6.48. The first-order chi connectivity index (χ1) is 13.3. The minimum Gasteiger partial charge on any atom is -0.463 e. The molecule has 0 aliphatic carbocycles. The summed E-state index contributed by atoms with van der Waals surface area (Å²) in [6.07, 6.45) is -1.22. The van der Waals surface area contributed by atoms with Crippen LogP contribution in [0.5, 0.6) is 0 Å². The molecule has 1 fully saturated rings. The molecule has 2 aromatic rings. The summed E-state index contributed by atoms with van der Waals surface area (Å²) in [6, 6.07) is 0. The van der Waals surface area contributed by atoms with Gasteiger partial charge in [-0.25, -0.2) is 15.0 Å². The SMILES string of the molecule is CC(=O)OC[C@@H]1O[C@@H](n2cnc3c(N)ncnc32)[C@H](OC(C)=O)[C@@H]1OC(C)=O. The molecule has 0 aromatic carbocycles. The lowest BCUT2D eigenvalue weighted by Gasteiger charge is -2.23. The number of imidazole rings is 1. The molecule has 0 spiro atoms. The minimum absolute atomic E-state index is 0.166. The van der Waals surface area contributed by atoms with E-state index in [9.17, 15) is 14.4 Å². The van der Waals surface area contributed by atoms with Crippen molar-refractivity contribution in [2.45, 2.75) is 45.3 Å². The third kappa shape index (κ3) is 3.86. The molecule has 0 radical (unpaired) electrons. The molecule has 0 bridgehead atoms. The Kier molecular flexibility index (Phi) is 5.40. The van der Waals surface area contributed by atoms with Crippen molar-refractivity contribution >= 4 is 34.9 Å².